The van der Waals surface area contributed by atoms with Gasteiger partial charge in [-0.25, -0.2) is 0 Å². The molecule has 2 rings (SSSR count). The van der Waals surface area contributed by atoms with Crippen LogP contribution in [0.15, 0.2) is 18.2 Å². The number of aryl methyl sites for hydroxylation is 2. The van der Waals surface area contributed by atoms with Crippen molar-refractivity contribution in [3.8, 4) is 0 Å². The molecule has 1 aromatic rings. The maximum Gasteiger partial charge on any atom is 0.106 e. The van der Waals surface area contributed by atoms with E-state index in [1.807, 2.05) is 18.2 Å². The molecule has 0 fully saturated rings. The lowest BCUT2D eigenvalue weighted by Gasteiger charge is -2.22. The monoisotopic (exact) mass is 210 g/mol. The highest BCUT2D eigenvalue weighted by atomic mass is 32.1. The van der Waals surface area contributed by atoms with Gasteiger partial charge in [-0.3, -0.25) is 0 Å². The Hall–Kier alpha value is -0.510. The summed E-state index contributed by atoms with van der Waals surface area (Å²) in [7, 11) is 0. The first-order chi connectivity index (χ1) is 6.72. The maximum absolute atomic E-state index is 9.73. The molecule has 14 heavy (non-hydrogen) atoms. The fourth-order valence-electron chi connectivity index (χ4n) is 1.72. The zero-order valence-corrected chi connectivity index (χ0v) is 8.74. The standard InChI is InChI=1S/C11H14O2S/c12-10(6-14)11(13)9-4-2-7-1-3-8(7)5-9/h2,4-5,10-14H,1,3,6H2. The van der Waals surface area contributed by atoms with Crippen LogP contribution < -0.4 is 0 Å². The van der Waals surface area contributed by atoms with Crippen LogP contribution in [0.1, 0.15) is 22.8 Å². The molecule has 2 nitrogen and oxygen atoms in total. The first-order valence-corrected chi connectivity index (χ1v) is 5.44. The number of aliphatic hydroxyl groups is 2. The first-order valence-electron chi connectivity index (χ1n) is 4.81. The normalized spacial score (nSPS) is 18.2. The third-order valence-electron chi connectivity index (χ3n) is 2.79. The van der Waals surface area contributed by atoms with E-state index in [-0.39, 0.29) is 5.75 Å². The Balaban J connectivity index is 2.19. The van der Waals surface area contributed by atoms with Crippen molar-refractivity contribution in [3.05, 3.63) is 34.9 Å². The van der Waals surface area contributed by atoms with Crippen molar-refractivity contribution in [2.45, 2.75) is 25.0 Å². The van der Waals surface area contributed by atoms with Crippen molar-refractivity contribution < 1.29 is 10.2 Å². The van der Waals surface area contributed by atoms with Crippen LogP contribution in [0.4, 0.5) is 0 Å². The fourth-order valence-corrected chi connectivity index (χ4v) is 1.92. The van der Waals surface area contributed by atoms with Crippen molar-refractivity contribution >= 4 is 12.6 Å². The van der Waals surface area contributed by atoms with E-state index in [0.29, 0.717) is 0 Å². The lowest BCUT2D eigenvalue weighted by Crippen LogP contribution is -2.20. The number of rotatable bonds is 3. The first kappa shape index (κ1) is 10.0. The molecule has 3 heteroatoms. The van der Waals surface area contributed by atoms with Gasteiger partial charge < -0.3 is 10.2 Å². The van der Waals surface area contributed by atoms with E-state index < -0.39 is 12.2 Å². The minimum Gasteiger partial charge on any atom is -0.389 e. The molecule has 0 bridgehead atoms. The van der Waals surface area contributed by atoms with Gasteiger partial charge in [-0.15, -0.1) is 0 Å². The largest absolute Gasteiger partial charge is 0.389 e. The van der Waals surface area contributed by atoms with E-state index in [0.717, 1.165) is 18.4 Å². The predicted molar refractivity (Wildman–Crippen MR) is 58.7 cm³/mol. The Morgan fingerprint density at radius 2 is 1.93 bits per heavy atom. The molecule has 1 aliphatic rings. The number of thiol groups is 1. The molecule has 2 unspecified atom stereocenters. The van der Waals surface area contributed by atoms with E-state index in [4.69, 9.17) is 0 Å². The number of hydrogen-bond donors (Lipinski definition) is 3. The Kier molecular flexibility index (Phi) is 2.81. The summed E-state index contributed by atoms with van der Waals surface area (Å²) in [6.07, 6.45) is 0.642. The van der Waals surface area contributed by atoms with Crippen molar-refractivity contribution in [3.63, 3.8) is 0 Å². The molecule has 1 aromatic carbocycles. The zero-order chi connectivity index (χ0) is 10.1. The molecule has 2 atom stereocenters. The van der Waals surface area contributed by atoms with Gasteiger partial charge in [0.15, 0.2) is 0 Å². The summed E-state index contributed by atoms with van der Waals surface area (Å²) < 4.78 is 0. The maximum atomic E-state index is 9.73. The lowest BCUT2D eigenvalue weighted by atomic mass is 9.86. The second kappa shape index (κ2) is 3.93. The average molecular weight is 210 g/mol. The zero-order valence-electron chi connectivity index (χ0n) is 7.85. The molecule has 0 saturated heterocycles. The van der Waals surface area contributed by atoms with Gasteiger partial charge in [0.05, 0.1) is 6.10 Å². The van der Waals surface area contributed by atoms with Crippen molar-refractivity contribution in [2.75, 3.05) is 5.75 Å². The van der Waals surface area contributed by atoms with Crippen LogP contribution in [0.2, 0.25) is 0 Å². The summed E-state index contributed by atoms with van der Waals surface area (Å²) in [5.74, 6) is 0.276. The Labute approximate surface area is 89.0 Å². The highest BCUT2D eigenvalue weighted by molar-refractivity contribution is 7.80. The van der Waals surface area contributed by atoms with Crippen LogP contribution in [0.3, 0.4) is 0 Å². The topological polar surface area (TPSA) is 40.5 Å². The SMILES string of the molecule is OC(CS)C(O)c1ccc2c(c1)CC2. The Bertz CT molecular complexity index is 338. The third kappa shape index (κ3) is 1.67. The molecule has 2 N–H and O–H groups in total. The van der Waals surface area contributed by atoms with Crippen LogP contribution in [-0.2, 0) is 12.8 Å². The van der Waals surface area contributed by atoms with Crippen molar-refractivity contribution in [1.82, 2.24) is 0 Å². The summed E-state index contributed by atoms with van der Waals surface area (Å²) in [5, 5.41) is 19.2. The average Bonchev–Trinajstić information content (AvgIpc) is 2.18. The molecule has 0 amide bonds. The smallest absolute Gasteiger partial charge is 0.106 e. The number of fused-ring (bicyclic) bond motifs is 1. The van der Waals surface area contributed by atoms with Gasteiger partial charge in [0.25, 0.3) is 0 Å². The summed E-state index contributed by atoms with van der Waals surface area (Å²) >= 11 is 3.96. The van der Waals surface area contributed by atoms with E-state index in [9.17, 15) is 10.2 Å². The van der Waals surface area contributed by atoms with Gasteiger partial charge in [0, 0.05) is 5.75 Å². The molecule has 0 spiro atoms. The number of aliphatic hydroxyl groups excluding tert-OH is 2. The molecular formula is C11H14O2S. The van der Waals surface area contributed by atoms with Gasteiger partial charge in [0.2, 0.25) is 0 Å². The quantitative estimate of drug-likeness (QED) is 0.654. The van der Waals surface area contributed by atoms with E-state index in [1.165, 1.54) is 11.1 Å². The molecular weight excluding hydrogens is 196 g/mol. The van der Waals surface area contributed by atoms with Crippen LogP contribution in [-0.4, -0.2) is 22.1 Å². The van der Waals surface area contributed by atoms with Gasteiger partial charge in [-0.05, 0) is 29.5 Å². The minimum atomic E-state index is -0.807. The highest BCUT2D eigenvalue weighted by Gasteiger charge is 2.20. The second-order valence-corrected chi connectivity index (χ2v) is 4.09. The summed E-state index contributed by atoms with van der Waals surface area (Å²) in [6, 6.07) is 5.90. The lowest BCUT2D eigenvalue weighted by molar-refractivity contribution is 0.0337. The number of benzene rings is 1. The van der Waals surface area contributed by atoms with E-state index in [2.05, 4.69) is 12.6 Å². The van der Waals surface area contributed by atoms with Crippen LogP contribution in [0.25, 0.3) is 0 Å². The van der Waals surface area contributed by atoms with Crippen LogP contribution >= 0.6 is 12.6 Å². The molecule has 0 aliphatic heterocycles. The summed E-state index contributed by atoms with van der Waals surface area (Å²) in [6.45, 7) is 0. The van der Waals surface area contributed by atoms with Gasteiger partial charge in [0.1, 0.15) is 6.10 Å². The highest BCUT2D eigenvalue weighted by Crippen LogP contribution is 2.27. The second-order valence-electron chi connectivity index (χ2n) is 3.72. The molecule has 0 aromatic heterocycles. The minimum absolute atomic E-state index is 0.276. The molecule has 76 valence electrons. The fraction of sp³-hybridized carbons (Fsp3) is 0.455. The van der Waals surface area contributed by atoms with Gasteiger partial charge in [-0.2, -0.15) is 12.6 Å². The van der Waals surface area contributed by atoms with E-state index >= 15 is 0 Å². The Morgan fingerprint density at radius 3 is 2.43 bits per heavy atom. The predicted octanol–water partition coefficient (Wildman–Crippen LogP) is 1.11. The summed E-state index contributed by atoms with van der Waals surface area (Å²) in [5.41, 5.74) is 3.46. The molecule has 1 aliphatic carbocycles. The molecule has 0 saturated carbocycles. The molecule has 0 radical (unpaired) electrons. The Morgan fingerprint density at radius 1 is 1.21 bits per heavy atom. The van der Waals surface area contributed by atoms with Crippen LogP contribution in [0.5, 0.6) is 0 Å². The van der Waals surface area contributed by atoms with Crippen molar-refractivity contribution in [1.29, 1.82) is 0 Å². The third-order valence-corrected chi connectivity index (χ3v) is 3.16. The number of hydrogen-bond acceptors (Lipinski definition) is 3. The molecule has 0 heterocycles. The van der Waals surface area contributed by atoms with E-state index in [1.54, 1.807) is 0 Å². The summed E-state index contributed by atoms with van der Waals surface area (Å²) in [4.78, 5) is 0. The van der Waals surface area contributed by atoms with Gasteiger partial charge >= 0.3 is 0 Å². The van der Waals surface area contributed by atoms with Crippen molar-refractivity contribution in [2.24, 2.45) is 0 Å². The van der Waals surface area contributed by atoms with Gasteiger partial charge in [-0.1, -0.05) is 18.2 Å². The van der Waals surface area contributed by atoms with Crippen LogP contribution in [0, 0.1) is 0 Å².